The molecule has 1 aliphatic heterocycles. The second-order valence-electron chi connectivity index (χ2n) is 15.3. The molecule has 0 bridgehead atoms. The summed E-state index contributed by atoms with van der Waals surface area (Å²) in [5.74, 6) is 4.99. The fourth-order valence-corrected chi connectivity index (χ4v) is 5.79. The molecule has 0 saturated carbocycles. The van der Waals surface area contributed by atoms with E-state index in [2.05, 4.69) is 22.5 Å². The standard InChI is InChI=1S/C44H61N3O9/c1-32(2)37(30-39(48)33(3)29-40(49)44(4,5)6)43(52)46-20-22-54-24-26-56-28-27-55-25-23-53-21-18-41(50)45-19-17-42(51)47-31-36-13-8-7-11-34(36)15-16-35-12-9-10-14-38(35)47/h7-14,32-33,37H,17-31H2,1-6H3,(H,45,50)(H,46,52)/t33-,37+/m0/s1. The van der Waals surface area contributed by atoms with E-state index >= 15 is 0 Å². The number of anilines is 1. The summed E-state index contributed by atoms with van der Waals surface area (Å²) in [6, 6.07) is 15.4. The predicted octanol–water partition coefficient (Wildman–Crippen LogP) is 4.88. The van der Waals surface area contributed by atoms with Crippen molar-refractivity contribution in [2.45, 2.75) is 73.8 Å². The van der Waals surface area contributed by atoms with Gasteiger partial charge < -0.3 is 34.5 Å². The van der Waals surface area contributed by atoms with Gasteiger partial charge in [-0.3, -0.25) is 24.0 Å². The first kappa shape index (κ1) is 46.0. The predicted molar refractivity (Wildman–Crippen MR) is 215 cm³/mol. The molecule has 3 amide bonds. The van der Waals surface area contributed by atoms with Gasteiger partial charge in [-0.05, 0) is 29.7 Å². The van der Waals surface area contributed by atoms with Gasteiger partial charge in [0.25, 0.3) is 0 Å². The van der Waals surface area contributed by atoms with Crippen molar-refractivity contribution in [2.75, 3.05) is 70.8 Å². The maximum atomic E-state index is 13.3. The molecule has 2 aromatic rings. The van der Waals surface area contributed by atoms with E-state index in [0.29, 0.717) is 59.3 Å². The van der Waals surface area contributed by atoms with Crippen LogP contribution in [-0.2, 0) is 49.5 Å². The summed E-state index contributed by atoms with van der Waals surface area (Å²) < 4.78 is 22.1. The van der Waals surface area contributed by atoms with Crippen molar-refractivity contribution in [2.24, 2.45) is 23.2 Å². The first-order chi connectivity index (χ1) is 26.8. The van der Waals surface area contributed by atoms with E-state index in [9.17, 15) is 24.0 Å². The highest BCUT2D eigenvalue weighted by Gasteiger charge is 2.30. The molecular weight excluding hydrogens is 714 g/mol. The molecule has 12 nitrogen and oxygen atoms in total. The van der Waals surface area contributed by atoms with Crippen molar-refractivity contribution in [1.29, 1.82) is 0 Å². The van der Waals surface area contributed by atoms with Crippen LogP contribution in [0.4, 0.5) is 5.69 Å². The number of ketones is 2. The third-order valence-electron chi connectivity index (χ3n) is 9.41. The summed E-state index contributed by atoms with van der Waals surface area (Å²) in [5.41, 5.74) is 2.93. The lowest BCUT2D eigenvalue weighted by Crippen LogP contribution is -2.37. The first-order valence-corrected chi connectivity index (χ1v) is 19.7. The SMILES string of the molecule is CC(C)[C@@H](CC(=O)[C@@H](C)CC(=O)C(C)(C)C)C(=O)NCCOCCOCCOCCOCCC(=O)NCCC(=O)N1Cc2ccccc2C#Cc2ccccc21. The molecule has 2 atom stereocenters. The monoisotopic (exact) mass is 775 g/mol. The number of rotatable bonds is 25. The van der Waals surface area contributed by atoms with E-state index in [-0.39, 0.29) is 74.0 Å². The Morgan fingerprint density at radius 1 is 0.696 bits per heavy atom. The number of carbonyl (C=O) groups is 5. The molecule has 1 heterocycles. The van der Waals surface area contributed by atoms with Gasteiger partial charge in [0, 0.05) is 67.2 Å². The molecular formula is C44H61N3O9. The van der Waals surface area contributed by atoms with Gasteiger partial charge in [0.2, 0.25) is 17.7 Å². The van der Waals surface area contributed by atoms with Crippen LogP contribution in [0.25, 0.3) is 0 Å². The lowest BCUT2D eigenvalue weighted by Gasteiger charge is -2.26. The summed E-state index contributed by atoms with van der Waals surface area (Å²) >= 11 is 0. The smallest absolute Gasteiger partial charge is 0.229 e. The normalized spacial score (nSPS) is 13.3. The molecule has 0 saturated heterocycles. The average Bonchev–Trinajstić information content (AvgIpc) is 3.15. The van der Waals surface area contributed by atoms with Crippen molar-refractivity contribution >= 4 is 35.0 Å². The van der Waals surface area contributed by atoms with Crippen molar-refractivity contribution in [3.8, 4) is 11.8 Å². The van der Waals surface area contributed by atoms with E-state index in [1.54, 1.807) is 11.8 Å². The van der Waals surface area contributed by atoms with Gasteiger partial charge in [-0.15, -0.1) is 0 Å². The molecule has 56 heavy (non-hydrogen) atoms. The Bertz CT molecular complexity index is 1660. The molecule has 306 valence electrons. The molecule has 1 aliphatic rings. The number of nitrogens with one attached hydrogen (secondary N) is 2. The lowest BCUT2D eigenvalue weighted by atomic mass is 9.81. The zero-order valence-electron chi connectivity index (χ0n) is 34.1. The van der Waals surface area contributed by atoms with Gasteiger partial charge in [-0.25, -0.2) is 0 Å². The number of hydrogen-bond acceptors (Lipinski definition) is 9. The minimum atomic E-state index is -0.496. The summed E-state index contributed by atoms with van der Waals surface area (Å²) in [7, 11) is 0. The van der Waals surface area contributed by atoms with Gasteiger partial charge in [-0.1, -0.05) is 83.7 Å². The van der Waals surface area contributed by atoms with Crippen LogP contribution in [0.5, 0.6) is 0 Å². The number of para-hydroxylation sites is 1. The van der Waals surface area contributed by atoms with Gasteiger partial charge in [0.1, 0.15) is 11.6 Å². The zero-order chi connectivity index (χ0) is 40.9. The number of Topliss-reactive ketones (excluding diaryl/α,β-unsaturated/α-hetero) is 2. The number of fused-ring (bicyclic) bond motifs is 2. The molecule has 0 aliphatic carbocycles. The number of amides is 3. The second kappa shape index (κ2) is 24.3. The minimum absolute atomic E-state index is 0.0231. The molecule has 0 radical (unpaired) electrons. The van der Waals surface area contributed by atoms with Gasteiger partial charge in [0.15, 0.2) is 0 Å². The Labute approximate surface area is 332 Å². The highest BCUT2D eigenvalue weighted by atomic mass is 16.6. The minimum Gasteiger partial charge on any atom is -0.379 e. The maximum Gasteiger partial charge on any atom is 0.229 e. The molecule has 2 aromatic carbocycles. The van der Waals surface area contributed by atoms with Crippen LogP contribution < -0.4 is 15.5 Å². The number of benzene rings is 2. The van der Waals surface area contributed by atoms with Crippen LogP contribution in [0, 0.1) is 35.0 Å². The van der Waals surface area contributed by atoms with Crippen LogP contribution >= 0.6 is 0 Å². The Balaban J connectivity index is 1.16. The van der Waals surface area contributed by atoms with Gasteiger partial charge >= 0.3 is 0 Å². The van der Waals surface area contributed by atoms with Crippen LogP contribution in [0.15, 0.2) is 48.5 Å². The number of nitrogens with zero attached hydrogens (tertiary/aromatic N) is 1. The van der Waals surface area contributed by atoms with Crippen molar-refractivity contribution in [1.82, 2.24) is 10.6 Å². The van der Waals surface area contributed by atoms with Crippen LogP contribution in [0.1, 0.15) is 83.9 Å². The molecule has 0 spiro atoms. The van der Waals surface area contributed by atoms with Crippen LogP contribution in [-0.4, -0.2) is 95.2 Å². The highest BCUT2D eigenvalue weighted by Crippen LogP contribution is 2.26. The first-order valence-electron chi connectivity index (χ1n) is 19.7. The number of carbonyl (C=O) groups excluding carboxylic acids is 5. The lowest BCUT2D eigenvalue weighted by molar-refractivity contribution is -0.134. The third-order valence-corrected chi connectivity index (χ3v) is 9.41. The van der Waals surface area contributed by atoms with E-state index in [4.69, 9.17) is 18.9 Å². The van der Waals surface area contributed by atoms with E-state index in [0.717, 1.165) is 22.4 Å². The van der Waals surface area contributed by atoms with Gasteiger partial charge in [0.05, 0.1) is 65.1 Å². The van der Waals surface area contributed by atoms with Crippen molar-refractivity contribution in [3.63, 3.8) is 0 Å². The zero-order valence-corrected chi connectivity index (χ0v) is 34.1. The molecule has 3 rings (SSSR count). The molecule has 0 fully saturated rings. The Hall–Kier alpha value is -4.41. The van der Waals surface area contributed by atoms with Crippen molar-refractivity contribution < 1.29 is 42.9 Å². The highest BCUT2D eigenvalue weighted by molar-refractivity contribution is 5.95. The molecule has 0 aromatic heterocycles. The Morgan fingerprint density at radius 2 is 1.27 bits per heavy atom. The average molecular weight is 776 g/mol. The second-order valence-corrected chi connectivity index (χ2v) is 15.3. The van der Waals surface area contributed by atoms with Crippen LogP contribution in [0.2, 0.25) is 0 Å². The largest absolute Gasteiger partial charge is 0.379 e. The summed E-state index contributed by atoms with van der Waals surface area (Å²) in [5, 5.41) is 5.67. The Kier molecular flexibility index (Phi) is 19.9. The number of ether oxygens (including phenoxy) is 4. The Morgan fingerprint density at radius 3 is 1.91 bits per heavy atom. The summed E-state index contributed by atoms with van der Waals surface area (Å²) in [6.45, 7) is 14.8. The summed E-state index contributed by atoms with van der Waals surface area (Å²) in [6.07, 6.45) is 0.624. The topological polar surface area (TPSA) is 150 Å². The molecule has 0 unspecified atom stereocenters. The van der Waals surface area contributed by atoms with Gasteiger partial charge in [-0.2, -0.15) is 0 Å². The van der Waals surface area contributed by atoms with E-state index in [1.807, 2.05) is 83.1 Å². The molecule has 2 N–H and O–H groups in total. The van der Waals surface area contributed by atoms with Crippen LogP contribution in [0.3, 0.4) is 0 Å². The summed E-state index contributed by atoms with van der Waals surface area (Å²) in [4.78, 5) is 65.3. The third kappa shape index (κ3) is 16.4. The fourth-order valence-electron chi connectivity index (χ4n) is 5.79. The van der Waals surface area contributed by atoms with Crippen molar-refractivity contribution in [3.05, 3.63) is 65.2 Å². The quantitative estimate of drug-likeness (QED) is 0.106. The van der Waals surface area contributed by atoms with E-state index in [1.165, 1.54) is 0 Å². The fraction of sp³-hybridized carbons (Fsp3) is 0.568. The maximum absolute atomic E-state index is 13.3. The van der Waals surface area contributed by atoms with E-state index < -0.39 is 17.3 Å². The number of hydrogen-bond donors (Lipinski definition) is 2. The molecule has 12 heteroatoms.